The van der Waals surface area contributed by atoms with Gasteiger partial charge in [0, 0.05) is 6.20 Å². The summed E-state index contributed by atoms with van der Waals surface area (Å²) in [6, 6.07) is 1.82. The highest BCUT2D eigenvalue weighted by molar-refractivity contribution is 6.61. The molecule has 1 rings (SSSR count). The van der Waals surface area contributed by atoms with Crippen molar-refractivity contribution in [2.24, 2.45) is 0 Å². The summed E-state index contributed by atoms with van der Waals surface area (Å²) < 4.78 is 4.76. The number of carbonyl (C=O) groups is 1. The van der Waals surface area contributed by atoms with Gasteiger partial charge in [0.15, 0.2) is 0 Å². The van der Waals surface area contributed by atoms with E-state index in [1.54, 1.807) is 13.1 Å². The van der Waals surface area contributed by atoms with Gasteiger partial charge in [0.2, 0.25) is 0 Å². The first kappa shape index (κ1) is 12.1. The van der Waals surface area contributed by atoms with Gasteiger partial charge >= 0.3 is 5.97 Å². The molecule has 0 radical (unpaired) electrons. The molecule has 0 aromatic carbocycles. The third kappa shape index (κ3) is 2.76. The molecular formula is C10H11Cl2NO2. The fraction of sp³-hybridized carbons (Fsp3) is 0.300. The zero-order valence-electron chi connectivity index (χ0n) is 8.43. The lowest BCUT2D eigenvalue weighted by Crippen LogP contribution is -2.08. The van der Waals surface area contributed by atoms with Crippen molar-refractivity contribution >= 4 is 34.7 Å². The molecule has 1 heterocycles. The van der Waals surface area contributed by atoms with Crippen LogP contribution in [-0.2, 0) is 9.53 Å². The number of rotatable bonds is 3. The van der Waals surface area contributed by atoms with Crippen LogP contribution in [0.1, 0.15) is 18.2 Å². The molecule has 0 atom stereocenters. The van der Waals surface area contributed by atoms with E-state index >= 15 is 0 Å². The van der Waals surface area contributed by atoms with Gasteiger partial charge < -0.3 is 9.72 Å². The van der Waals surface area contributed by atoms with Crippen LogP contribution in [0.3, 0.4) is 0 Å². The van der Waals surface area contributed by atoms with Crippen LogP contribution in [0.5, 0.6) is 0 Å². The molecule has 1 aromatic rings. The van der Waals surface area contributed by atoms with Gasteiger partial charge in [0.25, 0.3) is 0 Å². The normalized spacial score (nSPS) is 9.87. The maximum atomic E-state index is 11.6. The number of aromatic nitrogens is 1. The van der Waals surface area contributed by atoms with E-state index in [1.165, 1.54) is 0 Å². The molecular weight excluding hydrogens is 237 g/mol. The van der Waals surface area contributed by atoms with Crippen molar-refractivity contribution in [2.75, 3.05) is 6.61 Å². The molecule has 0 aliphatic heterocycles. The van der Waals surface area contributed by atoms with Gasteiger partial charge in [-0.2, -0.15) is 0 Å². The second-order valence-electron chi connectivity index (χ2n) is 2.89. The minimum absolute atomic E-state index is 0.0981. The number of H-pyrrole nitrogens is 1. The second-order valence-corrected chi connectivity index (χ2v) is 3.84. The molecule has 0 unspecified atom stereocenters. The van der Waals surface area contributed by atoms with Crippen LogP contribution in [0.2, 0.25) is 0 Å². The Kier molecular flexibility index (Phi) is 4.24. The van der Waals surface area contributed by atoms with Crippen LogP contribution >= 0.6 is 23.2 Å². The molecule has 0 saturated heterocycles. The molecule has 82 valence electrons. The Morgan fingerprint density at radius 3 is 2.60 bits per heavy atom. The van der Waals surface area contributed by atoms with E-state index in [0.717, 1.165) is 5.56 Å². The van der Waals surface area contributed by atoms with E-state index < -0.39 is 5.97 Å². The molecule has 5 heteroatoms. The minimum Gasteiger partial charge on any atom is -0.462 e. The van der Waals surface area contributed by atoms with Crippen molar-refractivity contribution in [1.29, 1.82) is 0 Å². The summed E-state index contributed by atoms with van der Waals surface area (Å²) in [6.45, 7) is 3.85. The zero-order chi connectivity index (χ0) is 11.4. The fourth-order valence-electron chi connectivity index (χ4n) is 1.19. The SMILES string of the molecule is CCOC(=O)C(=C(Cl)Cl)c1[nH]ccc1C. The molecule has 0 aliphatic carbocycles. The number of carbonyl (C=O) groups excluding carboxylic acids is 1. The van der Waals surface area contributed by atoms with Crippen molar-refractivity contribution in [3.8, 4) is 0 Å². The lowest BCUT2D eigenvalue weighted by Gasteiger charge is -2.06. The summed E-state index contributed by atoms with van der Waals surface area (Å²) >= 11 is 11.3. The van der Waals surface area contributed by atoms with Gasteiger partial charge in [-0.3, -0.25) is 0 Å². The predicted molar refractivity (Wildman–Crippen MR) is 60.8 cm³/mol. The van der Waals surface area contributed by atoms with Crippen LogP contribution in [0.25, 0.3) is 5.57 Å². The van der Waals surface area contributed by atoms with Gasteiger partial charge in [-0.05, 0) is 25.5 Å². The van der Waals surface area contributed by atoms with Crippen LogP contribution in [-0.4, -0.2) is 17.6 Å². The first-order valence-electron chi connectivity index (χ1n) is 4.44. The Balaban J connectivity index is 3.12. The van der Waals surface area contributed by atoms with Gasteiger partial charge in [-0.25, -0.2) is 4.79 Å². The van der Waals surface area contributed by atoms with Gasteiger partial charge in [-0.15, -0.1) is 0 Å². The average Bonchev–Trinajstić information content (AvgIpc) is 2.52. The van der Waals surface area contributed by atoms with Crippen molar-refractivity contribution < 1.29 is 9.53 Å². The van der Waals surface area contributed by atoms with Crippen molar-refractivity contribution in [1.82, 2.24) is 4.98 Å². The summed E-state index contributed by atoms with van der Waals surface area (Å²) in [5.41, 5.74) is 1.65. The third-order valence-electron chi connectivity index (χ3n) is 1.87. The molecule has 3 nitrogen and oxygen atoms in total. The topological polar surface area (TPSA) is 42.1 Å². The molecule has 0 aliphatic rings. The van der Waals surface area contributed by atoms with E-state index in [2.05, 4.69) is 4.98 Å². The predicted octanol–water partition coefficient (Wildman–Crippen LogP) is 3.03. The molecule has 0 amide bonds. The smallest absolute Gasteiger partial charge is 0.342 e. The molecule has 0 spiro atoms. The van der Waals surface area contributed by atoms with E-state index in [1.807, 2.05) is 13.0 Å². The molecule has 0 saturated carbocycles. The Morgan fingerprint density at radius 2 is 2.20 bits per heavy atom. The average molecular weight is 248 g/mol. The monoisotopic (exact) mass is 247 g/mol. The minimum atomic E-state index is -0.525. The van der Waals surface area contributed by atoms with Crippen molar-refractivity contribution in [3.63, 3.8) is 0 Å². The highest BCUT2D eigenvalue weighted by atomic mass is 35.5. The van der Waals surface area contributed by atoms with Crippen LogP contribution < -0.4 is 0 Å². The largest absolute Gasteiger partial charge is 0.462 e. The second kappa shape index (κ2) is 5.24. The number of esters is 1. The summed E-state index contributed by atoms with van der Waals surface area (Å²) in [4.78, 5) is 14.5. The quantitative estimate of drug-likeness (QED) is 0.659. The summed E-state index contributed by atoms with van der Waals surface area (Å²) in [5.74, 6) is -0.525. The van der Waals surface area contributed by atoms with E-state index in [9.17, 15) is 4.79 Å². The summed E-state index contributed by atoms with van der Waals surface area (Å²) in [7, 11) is 0. The molecule has 0 fully saturated rings. The number of ether oxygens (including phenoxy) is 1. The molecule has 0 bridgehead atoms. The standard InChI is InChI=1S/C10H11Cl2NO2/c1-3-15-10(14)7(9(11)12)8-6(2)4-5-13-8/h4-5,13H,3H2,1-2H3. The Hall–Kier alpha value is -0.930. The van der Waals surface area contributed by atoms with Crippen LogP contribution in [0.15, 0.2) is 16.8 Å². The summed E-state index contributed by atoms with van der Waals surface area (Å²) in [5, 5.41) is 0. The number of hydrogen-bond donors (Lipinski definition) is 1. The Morgan fingerprint density at radius 1 is 1.53 bits per heavy atom. The fourth-order valence-corrected chi connectivity index (χ4v) is 1.54. The number of nitrogens with one attached hydrogen (secondary N) is 1. The third-order valence-corrected chi connectivity index (χ3v) is 2.25. The van der Waals surface area contributed by atoms with Gasteiger partial charge in [0.05, 0.1) is 12.3 Å². The van der Waals surface area contributed by atoms with Crippen molar-refractivity contribution in [3.05, 3.63) is 28.0 Å². The first-order valence-corrected chi connectivity index (χ1v) is 5.20. The summed E-state index contributed by atoms with van der Waals surface area (Å²) in [6.07, 6.45) is 1.71. The van der Waals surface area contributed by atoms with Gasteiger partial charge in [0.1, 0.15) is 10.1 Å². The Bertz CT molecular complexity index is 392. The highest BCUT2D eigenvalue weighted by Gasteiger charge is 2.19. The number of aryl methyl sites for hydroxylation is 1. The maximum absolute atomic E-state index is 11.6. The van der Waals surface area contributed by atoms with E-state index in [0.29, 0.717) is 5.69 Å². The number of halogens is 2. The zero-order valence-corrected chi connectivity index (χ0v) is 9.95. The maximum Gasteiger partial charge on any atom is 0.342 e. The first-order chi connectivity index (χ1) is 7.07. The van der Waals surface area contributed by atoms with Crippen LogP contribution in [0, 0.1) is 6.92 Å². The molecule has 1 N–H and O–H groups in total. The Labute approximate surface area is 98.0 Å². The van der Waals surface area contributed by atoms with E-state index in [4.69, 9.17) is 27.9 Å². The molecule has 1 aromatic heterocycles. The van der Waals surface area contributed by atoms with Crippen LogP contribution in [0.4, 0.5) is 0 Å². The molecule has 15 heavy (non-hydrogen) atoms. The van der Waals surface area contributed by atoms with Gasteiger partial charge in [-0.1, -0.05) is 23.2 Å². The van der Waals surface area contributed by atoms with Crippen molar-refractivity contribution in [2.45, 2.75) is 13.8 Å². The lowest BCUT2D eigenvalue weighted by atomic mass is 10.1. The number of hydrogen-bond acceptors (Lipinski definition) is 2. The van der Waals surface area contributed by atoms with E-state index in [-0.39, 0.29) is 16.7 Å². The number of aromatic amines is 1. The highest BCUT2D eigenvalue weighted by Crippen LogP contribution is 2.26. The lowest BCUT2D eigenvalue weighted by molar-refractivity contribution is -0.136.